The molecule has 4 atom stereocenters. The number of hydrogen-bond acceptors (Lipinski definition) is 9. The Bertz CT molecular complexity index is 709. The number of imidazole rings is 1. The molecular weight excluding hydrogens is 407 g/mol. The molecule has 6 N–H and O–H groups in total. The number of nitrogens with two attached hydrogens (primary N) is 1. The van der Waals surface area contributed by atoms with Crippen LogP contribution in [0, 0.1) is 3.83 Å². The molecular formula is C11H15IN6O4. The predicted molar refractivity (Wildman–Crippen MR) is 85.0 cm³/mol. The number of ether oxygens (including phenoxy) is 1. The Kier molecular flexibility index (Phi) is 4.07. The first-order chi connectivity index (χ1) is 10.5. The van der Waals surface area contributed by atoms with E-state index in [4.69, 9.17) is 10.5 Å². The fraction of sp³-hybridized carbons (Fsp3) is 0.545. The molecule has 0 saturated carbocycles. The van der Waals surface area contributed by atoms with Crippen molar-refractivity contribution in [2.24, 2.45) is 0 Å². The smallest absolute Gasteiger partial charge is 0.207 e. The summed E-state index contributed by atoms with van der Waals surface area (Å²) in [7, 11) is 1.65. The van der Waals surface area contributed by atoms with Crippen molar-refractivity contribution in [2.75, 3.05) is 24.7 Å². The maximum atomic E-state index is 10.2. The first-order valence-corrected chi connectivity index (χ1v) is 7.57. The molecule has 2 unspecified atom stereocenters. The normalized spacial score (nSPS) is 28.4. The predicted octanol–water partition coefficient (Wildman–Crippen LogP) is -1.33. The number of aliphatic hydroxyl groups is 3. The van der Waals surface area contributed by atoms with Gasteiger partial charge in [-0.15, -0.1) is 0 Å². The molecule has 2 aromatic heterocycles. The number of nitrogens with one attached hydrogen (secondary N) is 1. The van der Waals surface area contributed by atoms with E-state index in [1.807, 2.05) is 22.6 Å². The number of aliphatic hydroxyl groups excluding tert-OH is 3. The minimum Gasteiger partial charge on any atom is -0.394 e. The van der Waals surface area contributed by atoms with Crippen LogP contribution in [0.3, 0.4) is 0 Å². The number of rotatable bonds is 3. The molecule has 1 saturated heterocycles. The fourth-order valence-electron chi connectivity index (χ4n) is 2.48. The van der Waals surface area contributed by atoms with Crippen molar-refractivity contribution in [1.29, 1.82) is 0 Å². The highest BCUT2D eigenvalue weighted by Gasteiger charge is 2.45. The Labute approximate surface area is 138 Å². The van der Waals surface area contributed by atoms with E-state index in [1.54, 1.807) is 7.05 Å². The monoisotopic (exact) mass is 422 g/mol. The molecule has 3 heterocycles. The average Bonchev–Trinajstić information content (AvgIpc) is 2.98. The highest BCUT2D eigenvalue weighted by Crippen LogP contribution is 2.35. The summed E-state index contributed by atoms with van der Waals surface area (Å²) in [5.74, 6) is 0.559. The summed E-state index contributed by atoms with van der Waals surface area (Å²) in [6.45, 7) is -0.412. The second kappa shape index (κ2) is 5.73. The van der Waals surface area contributed by atoms with Crippen molar-refractivity contribution in [3.63, 3.8) is 0 Å². The average molecular weight is 422 g/mol. The number of fused-ring (bicyclic) bond motifs is 1. The van der Waals surface area contributed by atoms with Gasteiger partial charge in [0, 0.05) is 29.6 Å². The van der Waals surface area contributed by atoms with E-state index in [0.717, 1.165) is 0 Å². The largest absolute Gasteiger partial charge is 0.394 e. The maximum Gasteiger partial charge on any atom is 0.207 e. The van der Waals surface area contributed by atoms with Gasteiger partial charge in [-0.25, -0.2) is 15.0 Å². The summed E-state index contributed by atoms with van der Waals surface area (Å²) >= 11 is 1.92. The SMILES string of the molecule is CNc1nc2c(N)nc(I)nc2n1[C@@H]1O[C@H](CO)C(O)C1O. The first kappa shape index (κ1) is 15.6. The van der Waals surface area contributed by atoms with Gasteiger partial charge in [-0.3, -0.25) is 4.57 Å². The lowest BCUT2D eigenvalue weighted by Gasteiger charge is -2.19. The number of nitrogens with zero attached hydrogens (tertiary/aromatic N) is 4. The van der Waals surface area contributed by atoms with E-state index < -0.39 is 31.1 Å². The van der Waals surface area contributed by atoms with Crippen molar-refractivity contribution >= 4 is 45.5 Å². The van der Waals surface area contributed by atoms with Crippen molar-refractivity contribution in [1.82, 2.24) is 19.5 Å². The number of halogens is 1. The molecule has 1 aliphatic rings. The molecule has 3 rings (SSSR count). The van der Waals surface area contributed by atoms with Gasteiger partial charge < -0.3 is 31.1 Å². The number of nitrogen functional groups attached to an aromatic ring is 1. The second-order valence-corrected chi connectivity index (χ2v) is 5.80. The van der Waals surface area contributed by atoms with Gasteiger partial charge in [0.2, 0.25) is 5.95 Å². The van der Waals surface area contributed by atoms with E-state index in [0.29, 0.717) is 20.9 Å². The van der Waals surface area contributed by atoms with E-state index in [2.05, 4.69) is 20.3 Å². The summed E-state index contributed by atoms with van der Waals surface area (Å²) in [4.78, 5) is 12.6. The molecule has 0 spiro atoms. The molecule has 2 aromatic rings. The Morgan fingerprint density at radius 2 is 2.05 bits per heavy atom. The lowest BCUT2D eigenvalue weighted by Crippen LogP contribution is -2.33. The van der Waals surface area contributed by atoms with Gasteiger partial charge in [-0.1, -0.05) is 0 Å². The number of hydrogen-bond donors (Lipinski definition) is 5. The van der Waals surface area contributed by atoms with Crippen LogP contribution >= 0.6 is 22.6 Å². The molecule has 0 aromatic carbocycles. The lowest BCUT2D eigenvalue weighted by molar-refractivity contribution is -0.0501. The zero-order valence-corrected chi connectivity index (χ0v) is 13.7. The highest BCUT2D eigenvalue weighted by atomic mass is 127. The minimum atomic E-state index is -1.24. The number of anilines is 2. The van der Waals surface area contributed by atoms with Crippen LogP contribution in [0.2, 0.25) is 0 Å². The summed E-state index contributed by atoms with van der Waals surface area (Å²) in [5.41, 5.74) is 6.59. The zero-order chi connectivity index (χ0) is 16.0. The van der Waals surface area contributed by atoms with Crippen LogP contribution in [0.25, 0.3) is 11.2 Å². The molecule has 1 aliphatic heterocycles. The molecule has 0 aliphatic carbocycles. The lowest BCUT2D eigenvalue weighted by atomic mass is 10.1. The molecule has 0 bridgehead atoms. The molecule has 11 heteroatoms. The van der Waals surface area contributed by atoms with Gasteiger partial charge in [0.05, 0.1) is 6.61 Å². The Morgan fingerprint density at radius 3 is 2.64 bits per heavy atom. The van der Waals surface area contributed by atoms with Crippen molar-refractivity contribution in [2.45, 2.75) is 24.5 Å². The summed E-state index contributed by atoms with van der Waals surface area (Å²) in [6, 6.07) is 0. The maximum absolute atomic E-state index is 10.2. The van der Waals surface area contributed by atoms with Crippen LogP contribution in [0.4, 0.5) is 11.8 Å². The molecule has 10 nitrogen and oxygen atoms in total. The zero-order valence-electron chi connectivity index (χ0n) is 11.5. The molecule has 1 fully saturated rings. The molecule has 22 heavy (non-hydrogen) atoms. The van der Waals surface area contributed by atoms with Crippen LogP contribution in [0.15, 0.2) is 0 Å². The third-order valence-electron chi connectivity index (χ3n) is 3.53. The Morgan fingerprint density at radius 1 is 1.32 bits per heavy atom. The van der Waals surface area contributed by atoms with Crippen molar-refractivity contribution in [3.05, 3.63) is 3.83 Å². The Hall–Kier alpha value is -1.28. The van der Waals surface area contributed by atoms with Gasteiger partial charge in [-0.05, 0) is 0 Å². The van der Waals surface area contributed by atoms with Gasteiger partial charge in [0.15, 0.2) is 27.0 Å². The molecule has 0 amide bonds. The van der Waals surface area contributed by atoms with Gasteiger partial charge >= 0.3 is 0 Å². The summed E-state index contributed by atoms with van der Waals surface area (Å²) in [5, 5.41) is 32.2. The van der Waals surface area contributed by atoms with E-state index in [-0.39, 0.29) is 5.82 Å². The van der Waals surface area contributed by atoms with Gasteiger partial charge in [0.1, 0.15) is 18.3 Å². The van der Waals surface area contributed by atoms with Crippen LogP contribution < -0.4 is 11.1 Å². The van der Waals surface area contributed by atoms with Crippen LogP contribution in [-0.2, 0) is 4.74 Å². The topological polar surface area (TPSA) is 152 Å². The van der Waals surface area contributed by atoms with Gasteiger partial charge in [-0.2, -0.15) is 0 Å². The summed E-state index contributed by atoms with van der Waals surface area (Å²) in [6.07, 6.45) is -4.30. The third-order valence-corrected chi connectivity index (χ3v) is 4.02. The highest BCUT2D eigenvalue weighted by molar-refractivity contribution is 14.1. The quantitative estimate of drug-likeness (QED) is 0.299. The standard InChI is InChI=1S/C11H15IN6O4/c1-14-11-15-4-7(13)16-10(12)17-8(4)18(11)9-6(21)5(20)3(2-19)22-9/h3,5-6,9,19-21H,2H2,1H3,(H,14,15)(H2,13,16,17)/t3-,5?,6?,9-/m1/s1. The first-order valence-electron chi connectivity index (χ1n) is 6.49. The van der Waals surface area contributed by atoms with E-state index in [1.165, 1.54) is 4.57 Å². The second-order valence-electron chi connectivity index (χ2n) is 4.83. The van der Waals surface area contributed by atoms with Crippen LogP contribution in [0.5, 0.6) is 0 Å². The van der Waals surface area contributed by atoms with E-state index >= 15 is 0 Å². The van der Waals surface area contributed by atoms with Crippen LogP contribution in [0.1, 0.15) is 6.23 Å². The van der Waals surface area contributed by atoms with Gasteiger partial charge in [0.25, 0.3) is 0 Å². The molecule has 0 radical (unpaired) electrons. The Balaban J connectivity index is 2.18. The van der Waals surface area contributed by atoms with Crippen molar-refractivity contribution < 1.29 is 20.1 Å². The van der Waals surface area contributed by atoms with E-state index in [9.17, 15) is 15.3 Å². The molecule has 120 valence electrons. The van der Waals surface area contributed by atoms with Crippen molar-refractivity contribution in [3.8, 4) is 0 Å². The summed E-state index contributed by atoms with van der Waals surface area (Å²) < 4.78 is 7.45. The minimum absolute atomic E-state index is 0.205. The third kappa shape index (κ3) is 2.28. The number of aromatic nitrogens is 4. The van der Waals surface area contributed by atoms with Crippen LogP contribution in [-0.4, -0.2) is 66.8 Å². The fourth-order valence-corrected chi connectivity index (χ4v) is 2.97.